The quantitative estimate of drug-likeness (QED) is 0.732. The number of aliphatic hydroxyl groups is 1. The summed E-state index contributed by atoms with van der Waals surface area (Å²) in [4.78, 5) is 13.1. The van der Waals surface area contributed by atoms with E-state index in [1.807, 2.05) is 35.2 Å². The second-order valence-corrected chi connectivity index (χ2v) is 3.86. The van der Waals surface area contributed by atoms with E-state index in [-0.39, 0.29) is 18.3 Å². The number of Topliss-reactive ketones (excluding diaryl/α,β-unsaturated/α-hetero) is 1. The molecule has 0 bridgehead atoms. The predicted molar refractivity (Wildman–Crippen MR) is 64.5 cm³/mol. The van der Waals surface area contributed by atoms with Crippen LogP contribution in [0.2, 0.25) is 0 Å². The summed E-state index contributed by atoms with van der Waals surface area (Å²) in [6.45, 7) is 1.48. The molecule has 0 saturated heterocycles. The molecule has 0 radical (unpaired) electrons. The minimum Gasteiger partial charge on any atom is -0.395 e. The van der Waals surface area contributed by atoms with Crippen LogP contribution in [0.15, 0.2) is 30.3 Å². The number of alkyl halides is 1. The van der Waals surface area contributed by atoms with Gasteiger partial charge in [0.15, 0.2) is 5.78 Å². The lowest BCUT2D eigenvalue weighted by Crippen LogP contribution is -2.32. The van der Waals surface area contributed by atoms with E-state index >= 15 is 0 Å². The Morgan fingerprint density at radius 1 is 1.31 bits per heavy atom. The number of aliphatic hydroxyl groups excluding tert-OH is 1. The Labute approximate surface area is 101 Å². The van der Waals surface area contributed by atoms with Gasteiger partial charge in [-0.15, -0.1) is 11.6 Å². The van der Waals surface area contributed by atoms with E-state index in [0.717, 1.165) is 5.56 Å². The summed E-state index contributed by atoms with van der Waals surface area (Å²) in [6.07, 6.45) is 0. The van der Waals surface area contributed by atoms with Gasteiger partial charge in [-0.2, -0.15) is 0 Å². The van der Waals surface area contributed by atoms with Gasteiger partial charge >= 0.3 is 0 Å². The van der Waals surface area contributed by atoms with E-state index in [1.165, 1.54) is 0 Å². The first-order chi connectivity index (χ1) is 7.76. The average molecular weight is 242 g/mol. The highest BCUT2D eigenvalue weighted by Gasteiger charge is 2.09. The summed E-state index contributed by atoms with van der Waals surface area (Å²) < 4.78 is 0. The van der Waals surface area contributed by atoms with E-state index in [4.69, 9.17) is 16.7 Å². The van der Waals surface area contributed by atoms with Crippen LogP contribution in [-0.4, -0.2) is 41.4 Å². The fourth-order valence-corrected chi connectivity index (χ4v) is 1.57. The van der Waals surface area contributed by atoms with Gasteiger partial charge in [-0.25, -0.2) is 0 Å². The first-order valence-electron chi connectivity index (χ1n) is 5.21. The van der Waals surface area contributed by atoms with Crippen LogP contribution in [0, 0.1) is 0 Å². The van der Waals surface area contributed by atoms with Crippen LogP contribution in [0.25, 0.3) is 0 Å². The van der Waals surface area contributed by atoms with Crippen LogP contribution in [0.3, 0.4) is 0 Å². The van der Waals surface area contributed by atoms with Crippen molar-refractivity contribution in [1.29, 1.82) is 0 Å². The molecule has 0 heterocycles. The molecular weight excluding hydrogens is 226 g/mol. The zero-order chi connectivity index (χ0) is 11.8. The highest BCUT2D eigenvalue weighted by atomic mass is 35.5. The van der Waals surface area contributed by atoms with Crippen LogP contribution >= 0.6 is 11.6 Å². The average Bonchev–Trinajstić information content (AvgIpc) is 2.30. The maximum absolute atomic E-state index is 11.2. The Hall–Kier alpha value is -0.900. The molecule has 1 N–H and O–H groups in total. The summed E-state index contributed by atoms with van der Waals surface area (Å²) in [5, 5.41) is 8.91. The number of rotatable bonds is 7. The third kappa shape index (κ3) is 4.75. The van der Waals surface area contributed by atoms with Gasteiger partial charge < -0.3 is 5.11 Å². The second kappa shape index (κ2) is 7.39. The molecule has 0 fully saturated rings. The largest absolute Gasteiger partial charge is 0.395 e. The smallest absolute Gasteiger partial charge is 0.161 e. The van der Waals surface area contributed by atoms with E-state index in [0.29, 0.717) is 19.6 Å². The molecule has 1 aromatic carbocycles. The number of hydrogen-bond acceptors (Lipinski definition) is 3. The van der Waals surface area contributed by atoms with Crippen LogP contribution in [0.1, 0.15) is 5.56 Å². The topological polar surface area (TPSA) is 40.5 Å². The van der Waals surface area contributed by atoms with Gasteiger partial charge in [0, 0.05) is 13.1 Å². The molecule has 0 aliphatic heterocycles. The number of benzene rings is 1. The second-order valence-electron chi connectivity index (χ2n) is 3.59. The molecule has 0 atom stereocenters. The first kappa shape index (κ1) is 13.2. The molecule has 0 aliphatic rings. The molecule has 3 nitrogen and oxygen atoms in total. The monoisotopic (exact) mass is 241 g/mol. The van der Waals surface area contributed by atoms with Gasteiger partial charge in [0.05, 0.1) is 19.0 Å². The third-order valence-corrected chi connectivity index (χ3v) is 2.51. The van der Waals surface area contributed by atoms with Gasteiger partial charge in [-0.3, -0.25) is 9.69 Å². The summed E-state index contributed by atoms with van der Waals surface area (Å²) in [5.74, 6) is 0.00234. The molecule has 88 valence electrons. The van der Waals surface area contributed by atoms with Crippen molar-refractivity contribution in [2.75, 3.05) is 25.6 Å². The van der Waals surface area contributed by atoms with Gasteiger partial charge in [0.25, 0.3) is 0 Å². The lowest BCUT2D eigenvalue weighted by Gasteiger charge is -2.19. The van der Waals surface area contributed by atoms with Crippen molar-refractivity contribution < 1.29 is 9.90 Å². The molecule has 0 amide bonds. The van der Waals surface area contributed by atoms with Crippen LogP contribution in [0.5, 0.6) is 0 Å². The summed E-state index contributed by atoms with van der Waals surface area (Å²) in [5.41, 5.74) is 1.12. The molecule has 0 unspecified atom stereocenters. The van der Waals surface area contributed by atoms with Crippen LogP contribution in [-0.2, 0) is 11.3 Å². The molecule has 16 heavy (non-hydrogen) atoms. The van der Waals surface area contributed by atoms with Gasteiger partial charge in [-0.1, -0.05) is 30.3 Å². The Bertz CT molecular complexity index is 316. The zero-order valence-corrected chi connectivity index (χ0v) is 9.86. The van der Waals surface area contributed by atoms with Crippen molar-refractivity contribution >= 4 is 17.4 Å². The lowest BCUT2D eigenvalue weighted by molar-refractivity contribution is -0.118. The lowest BCUT2D eigenvalue weighted by atomic mass is 10.2. The molecular formula is C12H16ClNO2. The van der Waals surface area contributed by atoms with Crippen LogP contribution in [0.4, 0.5) is 0 Å². The van der Waals surface area contributed by atoms with Crippen molar-refractivity contribution in [2.45, 2.75) is 6.54 Å². The Morgan fingerprint density at radius 2 is 2.00 bits per heavy atom. The minimum atomic E-state index is -0.0222. The Balaban J connectivity index is 2.54. The molecule has 0 aliphatic carbocycles. The van der Waals surface area contributed by atoms with E-state index in [9.17, 15) is 4.79 Å². The molecule has 0 saturated carbocycles. The molecule has 1 aromatic rings. The molecule has 1 rings (SSSR count). The number of halogens is 1. The zero-order valence-electron chi connectivity index (χ0n) is 9.10. The molecule has 4 heteroatoms. The fourth-order valence-electron chi connectivity index (χ4n) is 1.49. The highest BCUT2D eigenvalue weighted by molar-refractivity contribution is 6.27. The van der Waals surface area contributed by atoms with E-state index in [2.05, 4.69) is 0 Å². The highest BCUT2D eigenvalue weighted by Crippen LogP contribution is 2.04. The predicted octanol–water partition coefficient (Wildman–Crippen LogP) is 1.29. The van der Waals surface area contributed by atoms with Gasteiger partial charge in [-0.05, 0) is 5.56 Å². The summed E-state index contributed by atoms with van der Waals surface area (Å²) in [6, 6.07) is 9.85. The van der Waals surface area contributed by atoms with E-state index in [1.54, 1.807) is 0 Å². The van der Waals surface area contributed by atoms with E-state index < -0.39 is 0 Å². The van der Waals surface area contributed by atoms with Crippen molar-refractivity contribution in [3.8, 4) is 0 Å². The normalized spacial score (nSPS) is 10.7. The Kier molecular flexibility index (Phi) is 6.08. The maximum Gasteiger partial charge on any atom is 0.161 e. The standard InChI is InChI=1S/C12H16ClNO2/c13-8-12(16)10-14(6-7-15)9-11-4-2-1-3-5-11/h1-5,15H,6-10H2. The minimum absolute atomic E-state index is 0.0222. The summed E-state index contributed by atoms with van der Waals surface area (Å²) in [7, 11) is 0. The number of ketones is 1. The summed E-state index contributed by atoms with van der Waals surface area (Å²) >= 11 is 5.46. The molecule has 0 spiro atoms. The number of nitrogens with zero attached hydrogens (tertiary/aromatic N) is 1. The first-order valence-corrected chi connectivity index (χ1v) is 5.74. The number of carbonyl (C=O) groups is 1. The van der Waals surface area contributed by atoms with Crippen molar-refractivity contribution in [3.05, 3.63) is 35.9 Å². The van der Waals surface area contributed by atoms with Gasteiger partial charge in [0.1, 0.15) is 0 Å². The van der Waals surface area contributed by atoms with Crippen LogP contribution < -0.4 is 0 Å². The number of hydrogen-bond donors (Lipinski definition) is 1. The maximum atomic E-state index is 11.2. The fraction of sp³-hybridized carbons (Fsp3) is 0.417. The van der Waals surface area contributed by atoms with Gasteiger partial charge in [0.2, 0.25) is 0 Å². The Morgan fingerprint density at radius 3 is 2.56 bits per heavy atom. The molecule has 0 aromatic heterocycles. The number of carbonyl (C=O) groups excluding carboxylic acids is 1. The van der Waals surface area contributed by atoms with Crippen molar-refractivity contribution in [2.24, 2.45) is 0 Å². The van der Waals surface area contributed by atoms with Crippen molar-refractivity contribution in [1.82, 2.24) is 4.90 Å². The van der Waals surface area contributed by atoms with Crippen molar-refractivity contribution in [3.63, 3.8) is 0 Å². The SMILES string of the molecule is O=C(CCl)CN(CCO)Cc1ccccc1. The third-order valence-electron chi connectivity index (χ3n) is 2.21.